The molecule has 1 nitrogen and oxygen atoms in total. The molecule has 17 heavy (non-hydrogen) atoms. The second-order valence-corrected chi connectivity index (χ2v) is 4.88. The number of hydrogen-bond donors (Lipinski definition) is 1. The molecular formula is C15H24FN. The average Bonchev–Trinajstić information content (AvgIpc) is 2.28. The van der Waals surface area contributed by atoms with E-state index in [1.807, 2.05) is 6.92 Å². The summed E-state index contributed by atoms with van der Waals surface area (Å²) in [4.78, 5) is 0. The van der Waals surface area contributed by atoms with Crippen molar-refractivity contribution in [2.75, 3.05) is 6.54 Å². The molecule has 0 heterocycles. The number of aryl methyl sites for hydroxylation is 1. The molecule has 0 aromatic heterocycles. The second kappa shape index (κ2) is 6.75. The third-order valence-corrected chi connectivity index (χ3v) is 3.25. The van der Waals surface area contributed by atoms with Crippen molar-refractivity contribution >= 4 is 0 Å². The molecule has 0 radical (unpaired) electrons. The van der Waals surface area contributed by atoms with Crippen LogP contribution in [-0.4, -0.2) is 6.54 Å². The predicted octanol–water partition coefficient (Wildman–Crippen LogP) is 4.22. The maximum Gasteiger partial charge on any atom is 0.123 e. The molecule has 0 amide bonds. The van der Waals surface area contributed by atoms with Gasteiger partial charge in [-0.15, -0.1) is 0 Å². The molecule has 1 N–H and O–H groups in total. The number of benzene rings is 1. The molecule has 96 valence electrons. The molecule has 0 spiro atoms. The lowest BCUT2D eigenvalue weighted by atomic mass is 9.91. The van der Waals surface area contributed by atoms with Crippen LogP contribution in [0.25, 0.3) is 0 Å². The quantitative estimate of drug-likeness (QED) is 0.781. The van der Waals surface area contributed by atoms with Crippen LogP contribution in [0.1, 0.15) is 50.8 Å². The van der Waals surface area contributed by atoms with E-state index in [9.17, 15) is 4.39 Å². The lowest BCUT2D eigenvalue weighted by Gasteiger charge is -2.25. The van der Waals surface area contributed by atoms with Gasteiger partial charge in [-0.2, -0.15) is 0 Å². The van der Waals surface area contributed by atoms with Gasteiger partial charge in [-0.1, -0.05) is 33.3 Å². The van der Waals surface area contributed by atoms with Gasteiger partial charge in [-0.25, -0.2) is 4.39 Å². The van der Waals surface area contributed by atoms with Crippen LogP contribution in [0.5, 0.6) is 0 Å². The fourth-order valence-corrected chi connectivity index (χ4v) is 2.13. The Morgan fingerprint density at radius 2 is 1.94 bits per heavy atom. The molecule has 1 aromatic carbocycles. The lowest BCUT2D eigenvalue weighted by Crippen LogP contribution is -2.27. The number of nitrogens with one attached hydrogen (secondary N) is 1. The summed E-state index contributed by atoms with van der Waals surface area (Å²) in [6, 6.07) is 5.58. The predicted molar refractivity (Wildman–Crippen MR) is 71.6 cm³/mol. The largest absolute Gasteiger partial charge is 0.310 e. The van der Waals surface area contributed by atoms with Crippen molar-refractivity contribution in [1.29, 1.82) is 0 Å². The van der Waals surface area contributed by atoms with Gasteiger partial charge < -0.3 is 5.32 Å². The Hall–Kier alpha value is -0.890. The highest BCUT2D eigenvalue weighted by Crippen LogP contribution is 2.25. The van der Waals surface area contributed by atoms with Gasteiger partial charge in [0.1, 0.15) is 5.82 Å². The van der Waals surface area contributed by atoms with Crippen molar-refractivity contribution in [2.24, 2.45) is 5.92 Å². The van der Waals surface area contributed by atoms with E-state index in [0.717, 1.165) is 30.5 Å². The molecular weight excluding hydrogens is 213 g/mol. The van der Waals surface area contributed by atoms with Gasteiger partial charge in [-0.3, -0.25) is 0 Å². The van der Waals surface area contributed by atoms with Gasteiger partial charge in [0.2, 0.25) is 0 Å². The molecule has 0 bridgehead atoms. The molecule has 1 rings (SSSR count). The summed E-state index contributed by atoms with van der Waals surface area (Å²) < 4.78 is 13.5. The Morgan fingerprint density at radius 1 is 1.24 bits per heavy atom. The summed E-state index contributed by atoms with van der Waals surface area (Å²) in [5.41, 5.74) is 2.07. The van der Waals surface area contributed by atoms with Crippen LogP contribution in [0.4, 0.5) is 4.39 Å². The van der Waals surface area contributed by atoms with Gasteiger partial charge in [0.15, 0.2) is 0 Å². The highest BCUT2D eigenvalue weighted by atomic mass is 19.1. The zero-order chi connectivity index (χ0) is 12.8. The van der Waals surface area contributed by atoms with Gasteiger partial charge >= 0.3 is 0 Å². The van der Waals surface area contributed by atoms with E-state index in [1.165, 1.54) is 0 Å². The topological polar surface area (TPSA) is 12.0 Å². The Morgan fingerprint density at radius 3 is 2.47 bits per heavy atom. The second-order valence-electron chi connectivity index (χ2n) is 4.88. The zero-order valence-corrected chi connectivity index (χ0v) is 11.4. The van der Waals surface area contributed by atoms with Gasteiger partial charge in [0.05, 0.1) is 0 Å². The molecule has 0 aliphatic heterocycles. The third-order valence-electron chi connectivity index (χ3n) is 3.25. The Bertz CT molecular complexity index is 329. The zero-order valence-electron chi connectivity index (χ0n) is 11.4. The van der Waals surface area contributed by atoms with Crippen LogP contribution in [0.2, 0.25) is 0 Å². The van der Waals surface area contributed by atoms with Crippen molar-refractivity contribution in [2.45, 2.75) is 46.6 Å². The first-order valence-corrected chi connectivity index (χ1v) is 6.59. The summed E-state index contributed by atoms with van der Waals surface area (Å²) >= 11 is 0. The van der Waals surface area contributed by atoms with Crippen molar-refractivity contribution in [3.8, 4) is 0 Å². The molecule has 2 heteroatoms. The summed E-state index contributed by atoms with van der Waals surface area (Å²) in [7, 11) is 0. The minimum absolute atomic E-state index is 0.133. The van der Waals surface area contributed by atoms with E-state index in [1.54, 1.807) is 12.1 Å². The lowest BCUT2D eigenvalue weighted by molar-refractivity contribution is 0.376. The number of rotatable bonds is 6. The van der Waals surface area contributed by atoms with E-state index in [-0.39, 0.29) is 11.9 Å². The fourth-order valence-electron chi connectivity index (χ4n) is 2.13. The van der Waals surface area contributed by atoms with Gasteiger partial charge in [-0.05, 0) is 49.1 Å². The van der Waals surface area contributed by atoms with Crippen molar-refractivity contribution in [1.82, 2.24) is 5.32 Å². The highest BCUT2D eigenvalue weighted by molar-refractivity contribution is 5.26. The van der Waals surface area contributed by atoms with Crippen molar-refractivity contribution in [3.05, 3.63) is 35.1 Å². The minimum Gasteiger partial charge on any atom is -0.310 e. The highest BCUT2D eigenvalue weighted by Gasteiger charge is 2.17. The normalized spacial score (nSPS) is 14.6. The SMILES string of the molecule is CCCNC(c1cc(C)cc(F)c1)C(C)CC. The third kappa shape index (κ3) is 4.12. The first-order valence-electron chi connectivity index (χ1n) is 6.59. The molecule has 0 aliphatic carbocycles. The summed E-state index contributed by atoms with van der Waals surface area (Å²) in [5, 5.41) is 3.52. The first kappa shape index (κ1) is 14.2. The Labute approximate surface area is 104 Å². The standard InChI is InChI=1S/C15H24FN/c1-5-7-17-15(12(4)6-2)13-8-11(3)9-14(16)10-13/h8-10,12,15,17H,5-7H2,1-4H3. The van der Waals surface area contributed by atoms with E-state index in [4.69, 9.17) is 0 Å². The van der Waals surface area contributed by atoms with E-state index in [2.05, 4.69) is 32.2 Å². The van der Waals surface area contributed by atoms with Crippen molar-refractivity contribution in [3.63, 3.8) is 0 Å². The van der Waals surface area contributed by atoms with Gasteiger partial charge in [0.25, 0.3) is 0 Å². The summed E-state index contributed by atoms with van der Waals surface area (Å²) in [6.07, 6.45) is 2.19. The van der Waals surface area contributed by atoms with Crippen LogP contribution in [-0.2, 0) is 0 Å². The van der Waals surface area contributed by atoms with Crippen LogP contribution < -0.4 is 5.32 Å². The Kier molecular flexibility index (Phi) is 5.63. The van der Waals surface area contributed by atoms with Crippen LogP contribution in [0.15, 0.2) is 18.2 Å². The molecule has 0 saturated heterocycles. The van der Waals surface area contributed by atoms with Gasteiger partial charge in [0, 0.05) is 6.04 Å². The van der Waals surface area contributed by atoms with Crippen LogP contribution in [0, 0.1) is 18.7 Å². The average molecular weight is 237 g/mol. The van der Waals surface area contributed by atoms with Crippen LogP contribution in [0.3, 0.4) is 0 Å². The van der Waals surface area contributed by atoms with E-state index in [0.29, 0.717) is 5.92 Å². The first-order chi connectivity index (χ1) is 8.08. The number of hydrogen-bond acceptors (Lipinski definition) is 1. The smallest absolute Gasteiger partial charge is 0.123 e. The van der Waals surface area contributed by atoms with E-state index < -0.39 is 0 Å². The molecule has 0 saturated carbocycles. The maximum atomic E-state index is 13.5. The molecule has 0 fully saturated rings. The summed E-state index contributed by atoms with van der Waals surface area (Å²) in [6.45, 7) is 9.47. The minimum atomic E-state index is -0.133. The fraction of sp³-hybridized carbons (Fsp3) is 0.600. The summed E-state index contributed by atoms with van der Waals surface area (Å²) in [5.74, 6) is 0.384. The van der Waals surface area contributed by atoms with E-state index >= 15 is 0 Å². The van der Waals surface area contributed by atoms with Crippen LogP contribution >= 0.6 is 0 Å². The maximum absolute atomic E-state index is 13.5. The molecule has 2 atom stereocenters. The Balaban J connectivity index is 2.94. The molecule has 0 aliphatic rings. The monoisotopic (exact) mass is 237 g/mol. The molecule has 2 unspecified atom stereocenters. The molecule has 1 aromatic rings. The number of halogens is 1. The van der Waals surface area contributed by atoms with Crippen molar-refractivity contribution < 1.29 is 4.39 Å².